The molecule has 1 aromatic heterocycles. The number of aromatic amines is 1. The van der Waals surface area contributed by atoms with Crippen LogP contribution in [0.4, 0.5) is 5.82 Å². The maximum absolute atomic E-state index is 12.0. The molecule has 3 rings (SSSR count). The number of aromatic nitrogens is 2. The summed E-state index contributed by atoms with van der Waals surface area (Å²) in [5, 5.41) is 3.59. The van der Waals surface area contributed by atoms with E-state index in [1.807, 2.05) is 18.2 Å². The van der Waals surface area contributed by atoms with Crippen LogP contribution in [0, 0.1) is 0 Å². The lowest BCUT2D eigenvalue weighted by Gasteiger charge is -2.33. The van der Waals surface area contributed by atoms with Gasteiger partial charge in [0.2, 0.25) is 0 Å². The van der Waals surface area contributed by atoms with E-state index in [9.17, 15) is 4.79 Å². The highest BCUT2D eigenvalue weighted by Gasteiger charge is 2.22. The van der Waals surface area contributed by atoms with Crippen molar-refractivity contribution in [2.24, 2.45) is 0 Å². The van der Waals surface area contributed by atoms with Gasteiger partial charge in [0, 0.05) is 50.7 Å². The van der Waals surface area contributed by atoms with Crippen LogP contribution in [0.25, 0.3) is 0 Å². The van der Waals surface area contributed by atoms with E-state index in [1.165, 1.54) is 0 Å². The summed E-state index contributed by atoms with van der Waals surface area (Å²) in [6, 6.07) is 8.34. The Hall–Kier alpha value is -2.38. The predicted molar refractivity (Wildman–Crippen MR) is 101 cm³/mol. The molecule has 1 aliphatic heterocycles. The number of para-hydroxylation sites is 1. The smallest absolute Gasteiger partial charge is 0.290 e. The fourth-order valence-corrected chi connectivity index (χ4v) is 3.19. The molecule has 7 heteroatoms. The van der Waals surface area contributed by atoms with Crippen LogP contribution in [-0.4, -0.2) is 49.4 Å². The second kappa shape index (κ2) is 9.35. The first-order chi connectivity index (χ1) is 12.8. The average Bonchev–Trinajstić information content (AvgIpc) is 2.68. The van der Waals surface area contributed by atoms with Crippen molar-refractivity contribution < 1.29 is 9.47 Å². The molecule has 140 valence electrons. The molecule has 0 spiro atoms. The van der Waals surface area contributed by atoms with Gasteiger partial charge in [-0.05, 0) is 18.9 Å². The Kier molecular flexibility index (Phi) is 6.62. The van der Waals surface area contributed by atoms with Crippen molar-refractivity contribution in [2.45, 2.75) is 25.4 Å². The van der Waals surface area contributed by atoms with Gasteiger partial charge in [0.1, 0.15) is 12.4 Å². The summed E-state index contributed by atoms with van der Waals surface area (Å²) >= 11 is 0. The van der Waals surface area contributed by atoms with Gasteiger partial charge >= 0.3 is 0 Å². The van der Waals surface area contributed by atoms with Crippen molar-refractivity contribution in [1.29, 1.82) is 0 Å². The van der Waals surface area contributed by atoms with Gasteiger partial charge in [-0.3, -0.25) is 4.79 Å². The Morgan fingerprint density at radius 1 is 1.35 bits per heavy atom. The Labute approximate surface area is 153 Å². The number of nitrogens with zero attached hydrogens (tertiary/aromatic N) is 2. The van der Waals surface area contributed by atoms with Gasteiger partial charge in [0.05, 0.1) is 6.61 Å². The predicted octanol–water partition coefficient (Wildman–Crippen LogP) is 1.55. The van der Waals surface area contributed by atoms with Crippen molar-refractivity contribution in [2.75, 3.05) is 38.3 Å². The molecule has 26 heavy (non-hydrogen) atoms. The molecular weight excluding hydrogens is 332 g/mol. The number of nitrogens with one attached hydrogen (secondary N) is 2. The van der Waals surface area contributed by atoms with E-state index in [1.54, 1.807) is 19.5 Å². The number of hydrogen-bond acceptors (Lipinski definition) is 6. The first-order valence-corrected chi connectivity index (χ1v) is 8.99. The minimum atomic E-state index is -0.134. The standard InChI is InChI=1S/C19H26N4O3/c1-25-11-12-26-17-7-3-2-5-15(17)13-22-16-6-4-10-23(14-16)18-19(24)21-9-8-20-18/h2-3,5,7-9,16,22H,4,6,10-14H2,1H3,(H,21,24)/t16-/m1/s1. The third-order valence-corrected chi connectivity index (χ3v) is 4.51. The lowest BCUT2D eigenvalue weighted by Crippen LogP contribution is -2.47. The van der Waals surface area contributed by atoms with Gasteiger partial charge in [-0.1, -0.05) is 18.2 Å². The van der Waals surface area contributed by atoms with Crippen LogP contribution in [0.1, 0.15) is 18.4 Å². The van der Waals surface area contributed by atoms with E-state index >= 15 is 0 Å². The van der Waals surface area contributed by atoms with Crippen LogP contribution in [-0.2, 0) is 11.3 Å². The normalized spacial score (nSPS) is 17.3. The zero-order valence-electron chi connectivity index (χ0n) is 15.1. The van der Waals surface area contributed by atoms with Gasteiger partial charge in [-0.2, -0.15) is 0 Å². The monoisotopic (exact) mass is 358 g/mol. The number of piperidine rings is 1. The Morgan fingerprint density at radius 3 is 3.08 bits per heavy atom. The molecule has 0 saturated carbocycles. The Balaban J connectivity index is 1.58. The number of rotatable bonds is 8. The maximum atomic E-state index is 12.0. The molecule has 1 atom stereocenters. The topological polar surface area (TPSA) is 79.5 Å². The van der Waals surface area contributed by atoms with E-state index in [0.29, 0.717) is 25.1 Å². The second-order valence-corrected chi connectivity index (χ2v) is 6.36. The summed E-state index contributed by atoms with van der Waals surface area (Å²) < 4.78 is 10.8. The molecule has 2 heterocycles. The van der Waals surface area contributed by atoms with Gasteiger partial charge < -0.3 is 24.7 Å². The number of ether oxygens (including phenoxy) is 2. The summed E-state index contributed by atoms with van der Waals surface area (Å²) in [4.78, 5) is 21.0. The molecule has 0 amide bonds. The average molecular weight is 358 g/mol. The van der Waals surface area contributed by atoms with Crippen molar-refractivity contribution in [3.8, 4) is 5.75 Å². The summed E-state index contributed by atoms with van der Waals surface area (Å²) in [6.07, 6.45) is 5.29. The highest BCUT2D eigenvalue weighted by atomic mass is 16.5. The van der Waals surface area contributed by atoms with Gasteiger partial charge in [0.15, 0.2) is 5.82 Å². The quantitative estimate of drug-likeness (QED) is 0.697. The molecule has 1 aliphatic rings. The summed E-state index contributed by atoms with van der Waals surface area (Å²) in [5.41, 5.74) is 0.987. The summed E-state index contributed by atoms with van der Waals surface area (Å²) in [7, 11) is 1.66. The zero-order valence-corrected chi connectivity index (χ0v) is 15.1. The van der Waals surface area contributed by atoms with Crippen molar-refractivity contribution in [3.63, 3.8) is 0 Å². The minimum absolute atomic E-state index is 0.134. The largest absolute Gasteiger partial charge is 0.491 e. The minimum Gasteiger partial charge on any atom is -0.491 e. The van der Waals surface area contributed by atoms with Crippen LogP contribution in [0.5, 0.6) is 5.75 Å². The Morgan fingerprint density at radius 2 is 2.23 bits per heavy atom. The van der Waals surface area contributed by atoms with E-state index < -0.39 is 0 Å². The summed E-state index contributed by atoms with van der Waals surface area (Å²) in [5.74, 6) is 1.38. The highest BCUT2D eigenvalue weighted by molar-refractivity contribution is 5.36. The number of H-pyrrole nitrogens is 1. The van der Waals surface area contributed by atoms with Crippen molar-refractivity contribution in [3.05, 3.63) is 52.6 Å². The van der Waals surface area contributed by atoms with E-state index in [-0.39, 0.29) is 5.56 Å². The number of benzene rings is 1. The fourth-order valence-electron chi connectivity index (χ4n) is 3.19. The lowest BCUT2D eigenvalue weighted by molar-refractivity contribution is 0.145. The molecule has 0 aliphatic carbocycles. The van der Waals surface area contributed by atoms with E-state index in [0.717, 1.165) is 43.8 Å². The van der Waals surface area contributed by atoms with Gasteiger partial charge in [-0.15, -0.1) is 0 Å². The first kappa shape index (κ1) is 18.4. The number of methoxy groups -OCH3 is 1. The molecule has 0 unspecified atom stereocenters. The maximum Gasteiger partial charge on any atom is 0.290 e. The summed E-state index contributed by atoms with van der Waals surface area (Å²) in [6.45, 7) is 3.45. The van der Waals surface area contributed by atoms with Crippen LogP contribution < -0.4 is 20.5 Å². The molecule has 0 bridgehead atoms. The molecule has 0 radical (unpaired) electrons. The molecule has 1 aromatic carbocycles. The van der Waals surface area contributed by atoms with Crippen LogP contribution in [0.3, 0.4) is 0 Å². The molecule has 1 saturated heterocycles. The lowest BCUT2D eigenvalue weighted by atomic mass is 10.1. The zero-order chi connectivity index (χ0) is 18.2. The SMILES string of the molecule is COCCOc1ccccc1CN[C@@H]1CCCN(c2ncc[nH]c2=O)C1. The van der Waals surface area contributed by atoms with Crippen LogP contribution in [0.15, 0.2) is 41.5 Å². The van der Waals surface area contributed by atoms with Crippen LogP contribution in [0.2, 0.25) is 0 Å². The first-order valence-electron chi connectivity index (χ1n) is 8.99. The van der Waals surface area contributed by atoms with E-state index in [4.69, 9.17) is 9.47 Å². The third-order valence-electron chi connectivity index (χ3n) is 4.51. The molecular formula is C19H26N4O3. The molecule has 1 fully saturated rings. The van der Waals surface area contributed by atoms with Crippen molar-refractivity contribution >= 4 is 5.82 Å². The van der Waals surface area contributed by atoms with Gasteiger partial charge in [-0.25, -0.2) is 4.98 Å². The number of anilines is 1. The van der Waals surface area contributed by atoms with Gasteiger partial charge in [0.25, 0.3) is 5.56 Å². The molecule has 2 aromatic rings. The number of hydrogen-bond donors (Lipinski definition) is 2. The molecule has 2 N–H and O–H groups in total. The third kappa shape index (κ3) is 4.83. The highest BCUT2D eigenvalue weighted by Crippen LogP contribution is 2.19. The van der Waals surface area contributed by atoms with E-state index in [2.05, 4.69) is 26.3 Å². The molecule has 7 nitrogen and oxygen atoms in total. The fraction of sp³-hybridized carbons (Fsp3) is 0.474. The van der Waals surface area contributed by atoms with Crippen LogP contribution >= 0.6 is 0 Å². The second-order valence-electron chi connectivity index (χ2n) is 6.36. The van der Waals surface area contributed by atoms with Crippen molar-refractivity contribution in [1.82, 2.24) is 15.3 Å². The Bertz CT molecular complexity index is 749.